The highest BCUT2D eigenvalue weighted by atomic mass is 32.1. The SMILES string of the molecule is C[Si](C)(C)c1ccc(-c2ccc(-c3ccc([Si](C)(C)C)s3)s2)s1. The van der Waals surface area contributed by atoms with Gasteiger partial charge in [-0.05, 0) is 33.3 Å². The van der Waals surface area contributed by atoms with Crippen molar-refractivity contribution in [2.45, 2.75) is 39.3 Å². The lowest BCUT2D eigenvalue weighted by molar-refractivity contribution is 1.78. The summed E-state index contributed by atoms with van der Waals surface area (Å²) in [5.74, 6) is 0. The van der Waals surface area contributed by atoms with Crippen LogP contribution in [-0.4, -0.2) is 16.1 Å². The number of rotatable bonds is 4. The van der Waals surface area contributed by atoms with Crippen LogP contribution in [0, 0.1) is 0 Å². The van der Waals surface area contributed by atoms with Crippen molar-refractivity contribution in [1.82, 2.24) is 0 Å². The van der Waals surface area contributed by atoms with Crippen LogP contribution >= 0.6 is 34.0 Å². The molecule has 3 heterocycles. The fraction of sp³-hybridized carbons (Fsp3) is 0.333. The van der Waals surface area contributed by atoms with Crippen molar-refractivity contribution in [3.05, 3.63) is 36.4 Å². The van der Waals surface area contributed by atoms with E-state index < -0.39 is 16.1 Å². The highest BCUT2D eigenvalue weighted by Crippen LogP contribution is 2.38. The molecule has 0 aliphatic carbocycles. The molecule has 0 saturated carbocycles. The van der Waals surface area contributed by atoms with Crippen molar-refractivity contribution < 1.29 is 0 Å². The highest BCUT2D eigenvalue weighted by molar-refractivity contribution is 7.33. The first-order valence-electron chi connectivity index (χ1n) is 7.96. The molecule has 0 atom stereocenters. The highest BCUT2D eigenvalue weighted by Gasteiger charge is 2.21. The van der Waals surface area contributed by atoms with E-state index in [4.69, 9.17) is 0 Å². The molecule has 0 aliphatic heterocycles. The van der Waals surface area contributed by atoms with E-state index in [0.717, 1.165) is 0 Å². The van der Waals surface area contributed by atoms with E-state index in [9.17, 15) is 0 Å². The van der Waals surface area contributed by atoms with Gasteiger partial charge in [0.05, 0.1) is 16.1 Å². The lowest BCUT2D eigenvalue weighted by Gasteiger charge is -2.12. The zero-order valence-corrected chi connectivity index (χ0v) is 19.1. The fourth-order valence-corrected chi connectivity index (χ4v) is 9.33. The van der Waals surface area contributed by atoms with Gasteiger partial charge in [0, 0.05) is 19.5 Å². The number of thiophene rings is 3. The zero-order valence-electron chi connectivity index (χ0n) is 14.7. The maximum absolute atomic E-state index is 2.42. The molecule has 0 amide bonds. The van der Waals surface area contributed by atoms with Crippen LogP contribution in [0.5, 0.6) is 0 Å². The molecule has 0 spiro atoms. The van der Waals surface area contributed by atoms with Gasteiger partial charge in [-0.3, -0.25) is 0 Å². The maximum atomic E-state index is 2.42. The van der Waals surface area contributed by atoms with E-state index in [0.29, 0.717) is 0 Å². The summed E-state index contributed by atoms with van der Waals surface area (Å²) in [5, 5.41) is 0. The van der Waals surface area contributed by atoms with Gasteiger partial charge in [0.1, 0.15) is 0 Å². The second-order valence-corrected chi connectivity index (χ2v) is 22.0. The van der Waals surface area contributed by atoms with Gasteiger partial charge in [0.15, 0.2) is 0 Å². The summed E-state index contributed by atoms with van der Waals surface area (Å²) in [4.78, 5) is 5.69. The van der Waals surface area contributed by atoms with Gasteiger partial charge in [0.2, 0.25) is 0 Å². The molecule has 0 bridgehead atoms. The number of hydrogen-bond acceptors (Lipinski definition) is 3. The van der Waals surface area contributed by atoms with E-state index in [1.807, 2.05) is 34.0 Å². The third kappa shape index (κ3) is 3.79. The molecule has 0 fully saturated rings. The van der Waals surface area contributed by atoms with Gasteiger partial charge in [-0.1, -0.05) is 51.4 Å². The van der Waals surface area contributed by atoms with E-state index in [2.05, 4.69) is 75.7 Å². The number of hydrogen-bond donors (Lipinski definition) is 0. The van der Waals surface area contributed by atoms with Crippen molar-refractivity contribution in [2.24, 2.45) is 0 Å². The standard InChI is InChI=1S/C18H24S3Si2/c1-22(2,3)17-11-9-15(20-17)13-7-8-14(19-13)16-10-12-18(21-16)23(4,5)6/h7-12H,1-6H3. The van der Waals surface area contributed by atoms with Crippen LogP contribution in [0.1, 0.15) is 0 Å². The van der Waals surface area contributed by atoms with Crippen molar-refractivity contribution >= 4 is 59.2 Å². The Bertz CT molecular complexity index is 743. The predicted octanol–water partition coefficient (Wildman–Crippen LogP) is 6.30. The Hall–Kier alpha value is -0.466. The van der Waals surface area contributed by atoms with Gasteiger partial charge in [-0.25, -0.2) is 0 Å². The normalized spacial score (nSPS) is 12.8. The molecule has 3 aromatic rings. The van der Waals surface area contributed by atoms with E-state index in [1.165, 1.54) is 19.5 Å². The average molecular weight is 393 g/mol. The first-order valence-corrected chi connectivity index (χ1v) is 17.4. The van der Waals surface area contributed by atoms with Crippen LogP contribution in [0.2, 0.25) is 39.3 Å². The molecule has 5 heteroatoms. The average Bonchev–Trinajstić information content (AvgIpc) is 3.17. The maximum Gasteiger partial charge on any atom is 0.0904 e. The predicted molar refractivity (Wildman–Crippen MR) is 117 cm³/mol. The summed E-state index contributed by atoms with van der Waals surface area (Å²) in [5.41, 5.74) is 0. The monoisotopic (exact) mass is 392 g/mol. The van der Waals surface area contributed by atoms with Crippen molar-refractivity contribution in [3.63, 3.8) is 0 Å². The van der Waals surface area contributed by atoms with Crippen LogP contribution in [0.3, 0.4) is 0 Å². The summed E-state index contributed by atoms with van der Waals surface area (Å²) >= 11 is 5.93. The lowest BCUT2D eigenvalue weighted by Crippen LogP contribution is -2.34. The van der Waals surface area contributed by atoms with Gasteiger partial charge < -0.3 is 0 Å². The minimum atomic E-state index is -1.19. The van der Waals surface area contributed by atoms with Gasteiger partial charge in [0.25, 0.3) is 0 Å². The first-order chi connectivity index (χ1) is 10.6. The smallest absolute Gasteiger partial charge is 0.0904 e. The topological polar surface area (TPSA) is 0 Å². The Morgan fingerprint density at radius 1 is 0.478 bits per heavy atom. The fourth-order valence-electron chi connectivity index (χ4n) is 2.35. The Labute approximate surface area is 153 Å². The van der Waals surface area contributed by atoms with Gasteiger partial charge in [-0.2, -0.15) is 0 Å². The Morgan fingerprint density at radius 2 is 0.783 bits per heavy atom. The summed E-state index contributed by atoms with van der Waals surface area (Å²) < 4.78 is 3.19. The Morgan fingerprint density at radius 3 is 1.09 bits per heavy atom. The van der Waals surface area contributed by atoms with Crippen molar-refractivity contribution in [1.29, 1.82) is 0 Å². The first kappa shape index (κ1) is 17.4. The van der Waals surface area contributed by atoms with Gasteiger partial charge in [-0.15, -0.1) is 34.0 Å². The molecular formula is C18H24S3Si2. The third-order valence-corrected chi connectivity index (χ3v) is 14.6. The molecule has 0 aliphatic rings. The minimum absolute atomic E-state index is 1.19. The molecule has 3 aromatic heterocycles. The minimum Gasteiger partial charge on any atom is -0.144 e. The lowest BCUT2D eigenvalue weighted by atomic mass is 10.3. The van der Waals surface area contributed by atoms with E-state index in [1.54, 1.807) is 9.00 Å². The van der Waals surface area contributed by atoms with Gasteiger partial charge >= 0.3 is 0 Å². The summed E-state index contributed by atoms with van der Waals surface area (Å²) in [7, 11) is -2.38. The van der Waals surface area contributed by atoms with Crippen LogP contribution in [0.4, 0.5) is 0 Å². The zero-order chi connectivity index (χ0) is 16.8. The molecule has 0 nitrogen and oxygen atoms in total. The Balaban J connectivity index is 1.89. The van der Waals surface area contributed by atoms with Crippen LogP contribution in [-0.2, 0) is 0 Å². The molecule has 122 valence electrons. The van der Waals surface area contributed by atoms with E-state index >= 15 is 0 Å². The second kappa shape index (κ2) is 6.11. The molecule has 0 N–H and O–H groups in total. The van der Waals surface area contributed by atoms with Crippen molar-refractivity contribution in [3.8, 4) is 19.5 Å². The third-order valence-electron chi connectivity index (χ3n) is 3.78. The van der Waals surface area contributed by atoms with E-state index in [-0.39, 0.29) is 0 Å². The molecule has 0 aromatic carbocycles. The van der Waals surface area contributed by atoms with Crippen LogP contribution < -0.4 is 9.00 Å². The second-order valence-electron chi connectivity index (χ2n) is 7.99. The van der Waals surface area contributed by atoms with Crippen molar-refractivity contribution in [2.75, 3.05) is 0 Å². The van der Waals surface area contributed by atoms with Crippen LogP contribution in [0.15, 0.2) is 36.4 Å². The quantitative estimate of drug-likeness (QED) is 0.457. The summed E-state index contributed by atoms with van der Waals surface area (Å²) in [6, 6.07) is 13.9. The summed E-state index contributed by atoms with van der Waals surface area (Å²) in [6.07, 6.45) is 0. The molecule has 23 heavy (non-hydrogen) atoms. The summed E-state index contributed by atoms with van der Waals surface area (Å²) in [6.45, 7) is 14.5. The molecular weight excluding hydrogens is 369 g/mol. The molecule has 0 saturated heterocycles. The molecule has 3 rings (SSSR count). The Kier molecular flexibility index (Phi) is 4.62. The largest absolute Gasteiger partial charge is 0.144 e. The molecule has 0 unspecified atom stereocenters. The molecule has 0 radical (unpaired) electrons. The van der Waals surface area contributed by atoms with Crippen LogP contribution in [0.25, 0.3) is 19.5 Å².